The molecule has 3 N–H and O–H groups in total. The van der Waals surface area contributed by atoms with Gasteiger partial charge in [0.25, 0.3) is 5.56 Å². The Balaban J connectivity index is 0.00000272. The molecule has 0 unspecified atom stereocenters. The van der Waals surface area contributed by atoms with Crippen molar-refractivity contribution in [2.45, 2.75) is 32.2 Å². The fourth-order valence-corrected chi connectivity index (χ4v) is 5.34. The second-order valence-corrected chi connectivity index (χ2v) is 8.67. The number of aromatic carboxylic acids is 1. The maximum Gasteiger partial charge on any atom is 0.345 e. The summed E-state index contributed by atoms with van der Waals surface area (Å²) in [5, 5.41) is 19.6. The van der Waals surface area contributed by atoms with Crippen LogP contribution in [-0.4, -0.2) is 59.3 Å². The van der Waals surface area contributed by atoms with Gasteiger partial charge in [-0.15, -0.1) is 12.4 Å². The number of H-pyrrole nitrogens is 1. The van der Waals surface area contributed by atoms with Gasteiger partial charge < -0.3 is 25.0 Å². The van der Waals surface area contributed by atoms with E-state index in [4.69, 9.17) is 0 Å². The summed E-state index contributed by atoms with van der Waals surface area (Å²) in [7, 11) is 4.34. The molecule has 2 heterocycles. The summed E-state index contributed by atoms with van der Waals surface area (Å²) in [6.07, 6.45) is 2.96. The van der Waals surface area contributed by atoms with E-state index >= 15 is 0 Å². The quantitative estimate of drug-likeness (QED) is 0.651. The van der Waals surface area contributed by atoms with Crippen LogP contribution in [0.2, 0.25) is 0 Å². The monoisotopic (exact) mass is 447 g/mol. The van der Waals surface area contributed by atoms with Gasteiger partial charge in [-0.2, -0.15) is 0 Å². The van der Waals surface area contributed by atoms with Crippen LogP contribution in [0, 0.1) is 11.8 Å². The Morgan fingerprint density at radius 3 is 2.45 bits per heavy atom. The standard InChI is InChI=1S/C23H29N3O4.ClH/c1-4-16-20(24-22(28)19(21(16)27)23(29)30)13-5-8-15(9-6-13)26-11-14-7-10-18(25(2)3)17(14)12-26;/h5-6,8-9,14,17-18H,4,7,10-12H2,1-3H3,(H,29,30)(H2,24,27,28);1H/t14-,17+,18-;/m1./s1. The summed E-state index contributed by atoms with van der Waals surface area (Å²) in [5.74, 6) is -0.445. The zero-order valence-corrected chi connectivity index (χ0v) is 18.9. The number of benzene rings is 1. The summed E-state index contributed by atoms with van der Waals surface area (Å²) < 4.78 is 0. The molecule has 1 aliphatic heterocycles. The Morgan fingerprint density at radius 1 is 1.19 bits per heavy atom. The molecule has 1 aromatic heterocycles. The summed E-state index contributed by atoms with van der Waals surface area (Å²) in [5.41, 5.74) is 1.42. The zero-order valence-electron chi connectivity index (χ0n) is 18.1. The van der Waals surface area contributed by atoms with E-state index in [1.54, 1.807) is 0 Å². The van der Waals surface area contributed by atoms with Gasteiger partial charge in [0.1, 0.15) is 5.75 Å². The number of rotatable bonds is 5. The Morgan fingerprint density at radius 2 is 1.87 bits per heavy atom. The summed E-state index contributed by atoms with van der Waals surface area (Å²) in [4.78, 5) is 31.0. The van der Waals surface area contributed by atoms with E-state index in [1.807, 2.05) is 31.2 Å². The van der Waals surface area contributed by atoms with Crippen molar-refractivity contribution >= 4 is 24.1 Å². The number of carboxylic acids is 1. The molecule has 0 amide bonds. The lowest BCUT2D eigenvalue weighted by Gasteiger charge is -2.27. The molecule has 168 valence electrons. The van der Waals surface area contributed by atoms with Crippen molar-refractivity contribution in [3.8, 4) is 17.0 Å². The minimum atomic E-state index is -1.43. The van der Waals surface area contributed by atoms with Gasteiger partial charge in [-0.3, -0.25) is 4.79 Å². The van der Waals surface area contributed by atoms with Gasteiger partial charge in [-0.05, 0) is 62.9 Å². The minimum Gasteiger partial charge on any atom is -0.506 e. The Hall–Kier alpha value is -2.51. The normalized spacial score (nSPS) is 22.5. The van der Waals surface area contributed by atoms with Crippen LogP contribution in [0.5, 0.6) is 5.75 Å². The van der Waals surface area contributed by atoms with Gasteiger partial charge in [0, 0.05) is 30.4 Å². The number of fused-ring (bicyclic) bond motifs is 1. The number of pyridine rings is 1. The highest BCUT2D eigenvalue weighted by atomic mass is 35.5. The van der Waals surface area contributed by atoms with E-state index in [9.17, 15) is 19.8 Å². The topological polar surface area (TPSA) is 96.9 Å². The maximum absolute atomic E-state index is 12.2. The summed E-state index contributed by atoms with van der Waals surface area (Å²) in [6.45, 7) is 3.94. The van der Waals surface area contributed by atoms with E-state index in [0.29, 0.717) is 29.6 Å². The van der Waals surface area contributed by atoms with Gasteiger partial charge in [-0.1, -0.05) is 19.1 Å². The number of anilines is 1. The third-order valence-electron chi connectivity index (χ3n) is 6.86. The lowest BCUT2D eigenvalue weighted by Crippen LogP contribution is -2.34. The Labute approximate surface area is 188 Å². The van der Waals surface area contributed by atoms with E-state index in [2.05, 4.69) is 28.9 Å². The number of aromatic amines is 1. The third kappa shape index (κ3) is 4.04. The van der Waals surface area contributed by atoms with Gasteiger partial charge in [0.2, 0.25) is 0 Å². The van der Waals surface area contributed by atoms with E-state index in [1.165, 1.54) is 12.8 Å². The predicted octanol–water partition coefficient (Wildman–Crippen LogP) is 3.21. The minimum absolute atomic E-state index is 0. The average molecular weight is 448 g/mol. The molecule has 1 saturated carbocycles. The molecule has 1 saturated heterocycles. The highest BCUT2D eigenvalue weighted by molar-refractivity contribution is 5.92. The van der Waals surface area contributed by atoms with E-state index in [0.717, 1.165) is 30.3 Å². The second-order valence-electron chi connectivity index (χ2n) is 8.67. The lowest BCUT2D eigenvalue weighted by atomic mass is 9.97. The highest BCUT2D eigenvalue weighted by Gasteiger charge is 2.43. The smallest absolute Gasteiger partial charge is 0.345 e. The van der Waals surface area contributed by atoms with Crippen LogP contribution >= 0.6 is 12.4 Å². The van der Waals surface area contributed by atoms with Crippen LogP contribution in [0.25, 0.3) is 11.3 Å². The number of nitrogens with zero attached hydrogens (tertiary/aromatic N) is 2. The average Bonchev–Trinajstić information content (AvgIpc) is 3.28. The van der Waals surface area contributed by atoms with Crippen molar-refractivity contribution in [2.75, 3.05) is 32.1 Å². The summed E-state index contributed by atoms with van der Waals surface area (Å²) >= 11 is 0. The van der Waals surface area contributed by atoms with Gasteiger partial charge in [0.15, 0.2) is 5.56 Å². The zero-order chi connectivity index (χ0) is 21.6. The molecule has 4 rings (SSSR count). The van der Waals surface area contributed by atoms with Crippen molar-refractivity contribution < 1.29 is 15.0 Å². The fourth-order valence-electron chi connectivity index (χ4n) is 5.34. The fraction of sp³-hybridized carbons (Fsp3) is 0.478. The molecule has 1 aromatic carbocycles. The predicted molar refractivity (Wildman–Crippen MR) is 124 cm³/mol. The van der Waals surface area contributed by atoms with Crippen molar-refractivity contribution in [1.82, 2.24) is 9.88 Å². The van der Waals surface area contributed by atoms with Gasteiger partial charge in [0.05, 0.1) is 5.69 Å². The van der Waals surface area contributed by atoms with Crippen LogP contribution in [-0.2, 0) is 6.42 Å². The largest absolute Gasteiger partial charge is 0.506 e. The molecular weight excluding hydrogens is 418 g/mol. The first-order chi connectivity index (χ1) is 14.3. The number of nitrogens with one attached hydrogen (secondary N) is 1. The SMILES string of the molecule is CCc1c(-c2ccc(N3C[C@H]4CC[C@@H](N(C)C)[C@H]4C3)cc2)[nH]c(=O)c(C(=O)O)c1O.Cl. The number of hydrogen-bond acceptors (Lipinski definition) is 5. The molecule has 0 bridgehead atoms. The molecule has 31 heavy (non-hydrogen) atoms. The number of hydrogen-bond donors (Lipinski definition) is 3. The number of halogens is 1. The number of carbonyl (C=O) groups is 1. The van der Waals surface area contributed by atoms with Crippen LogP contribution < -0.4 is 10.5 Å². The molecule has 7 nitrogen and oxygen atoms in total. The molecule has 3 atom stereocenters. The van der Waals surface area contributed by atoms with Gasteiger partial charge in [-0.25, -0.2) is 4.79 Å². The highest BCUT2D eigenvalue weighted by Crippen LogP contribution is 2.41. The molecular formula is C23H30ClN3O4. The third-order valence-corrected chi connectivity index (χ3v) is 6.86. The Kier molecular flexibility index (Phi) is 6.67. The number of aromatic hydroxyl groups is 1. The maximum atomic E-state index is 12.2. The number of aromatic nitrogens is 1. The first-order valence-corrected chi connectivity index (χ1v) is 10.5. The van der Waals surface area contributed by atoms with Crippen LogP contribution in [0.1, 0.15) is 35.7 Å². The molecule has 0 spiro atoms. The van der Waals surface area contributed by atoms with Crippen molar-refractivity contribution in [2.24, 2.45) is 11.8 Å². The molecule has 2 aromatic rings. The van der Waals surface area contributed by atoms with Crippen LogP contribution in [0.4, 0.5) is 5.69 Å². The second kappa shape index (κ2) is 8.93. The van der Waals surface area contributed by atoms with Crippen molar-refractivity contribution in [3.05, 3.63) is 45.7 Å². The van der Waals surface area contributed by atoms with Crippen LogP contribution in [0.3, 0.4) is 0 Å². The molecule has 1 aliphatic carbocycles. The first-order valence-electron chi connectivity index (χ1n) is 10.5. The Bertz CT molecular complexity index is 1020. The van der Waals surface area contributed by atoms with E-state index in [-0.39, 0.29) is 12.4 Å². The van der Waals surface area contributed by atoms with Crippen molar-refractivity contribution in [1.29, 1.82) is 0 Å². The molecule has 8 heteroatoms. The van der Waals surface area contributed by atoms with E-state index < -0.39 is 22.8 Å². The van der Waals surface area contributed by atoms with Crippen molar-refractivity contribution in [3.63, 3.8) is 0 Å². The summed E-state index contributed by atoms with van der Waals surface area (Å²) in [6, 6.07) is 8.59. The van der Waals surface area contributed by atoms with Crippen LogP contribution in [0.15, 0.2) is 29.1 Å². The number of carboxylic acid groups (broad SMARTS) is 1. The lowest BCUT2D eigenvalue weighted by molar-refractivity contribution is 0.0691. The molecule has 0 radical (unpaired) electrons. The molecule has 2 fully saturated rings. The first kappa shape index (κ1) is 23.2. The molecule has 2 aliphatic rings. The van der Waals surface area contributed by atoms with Gasteiger partial charge >= 0.3 is 5.97 Å².